The van der Waals surface area contributed by atoms with Gasteiger partial charge in [-0.05, 0) is 49.8 Å². The Morgan fingerprint density at radius 3 is 2.37 bits per heavy atom. The predicted octanol–water partition coefficient (Wildman–Crippen LogP) is 2.82. The molecular formula is C26H26N2O6S. The van der Waals surface area contributed by atoms with Crippen LogP contribution in [0.3, 0.4) is 0 Å². The van der Waals surface area contributed by atoms with Crippen molar-refractivity contribution in [2.24, 2.45) is 4.99 Å². The van der Waals surface area contributed by atoms with Crippen molar-refractivity contribution in [1.29, 1.82) is 0 Å². The lowest BCUT2D eigenvalue weighted by Crippen LogP contribution is -2.39. The Kier molecular flexibility index (Phi) is 7.07. The van der Waals surface area contributed by atoms with E-state index in [1.54, 1.807) is 70.1 Å². The SMILES string of the molecule is CCOC(=O)C1=C(C)N=c2sc(=Cc3ccc(OC)cc3OC)c(=O)n2C1c1ccc(OC)cc1. The maximum atomic E-state index is 13.7. The van der Waals surface area contributed by atoms with Crippen LogP contribution in [0, 0.1) is 0 Å². The Balaban J connectivity index is 1.93. The number of hydrogen-bond acceptors (Lipinski definition) is 8. The van der Waals surface area contributed by atoms with Gasteiger partial charge in [-0.25, -0.2) is 9.79 Å². The van der Waals surface area contributed by atoms with Crippen LogP contribution < -0.4 is 29.1 Å². The third kappa shape index (κ3) is 4.59. The van der Waals surface area contributed by atoms with Crippen molar-refractivity contribution in [1.82, 2.24) is 4.57 Å². The summed E-state index contributed by atoms with van der Waals surface area (Å²) < 4.78 is 23.4. The Bertz CT molecular complexity index is 1470. The number of carbonyl (C=O) groups excluding carboxylic acids is 1. The van der Waals surface area contributed by atoms with E-state index in [0.29, 0.717) is 37.9 Å². The molecule has 0 fully saturated rings. The van der Waals surface area contributed by atoms with E-state index >= 15 is 0 Å². The van der Waals surface area contributed by atoms with Gasteiger partial charge in [-0.3, -0.25) is 9.36 Å². The fourth-order valence-electron chi connectivity index (χ4n) is 3.97. The topological polar surface area (TPSA) is 88.4 Å². The molecule has 4 rings (SSSR count). The van der Waals surface area contributed by atoms with Crippen molar-refractivity contribution in [3.05, 3.63) is 84.5 Å². The number of nitrogens with zero attached hydrogens (tertiary/aromatic N) is 2. The molecule has 1 atom stereocenters. The molecule has 182 valence electrons. The van der Waals surface area contributed by atoms with Gasteiger partial charge in [-0.2, -0.15) is 0 Å². The minimum absolute atomic E-state index is 0.215. The molecule has 1 aliphatic heterocycles. The normalized spacial score (nSPS) is 15.3. The van der Waals surface area contributed by atoms with Gasteiger partial charge in [0.25, 0.3) is 5.56 Å². The van der Waals surface area contributed by atoms with Gasteiger partial charge < -0.3 is 18.9 Å². The highest BCUT2D eigenvalue weighted by Gasteiger charge is 2.33. The molecule has 0 aliphatic carbocycles. The van der Waals surface area contributed by atoms with Crippen LogP contribution >= 0.6 is 11.3 Å². The second kappa shape index (κ2) is 10.2. The zero-order chi connectivity index (χ0) is 25.1. The van der Waals surface area contributed by atoms with E-state index in [-0.39, 0.29) is 12.2 Å². The minimum atomic E-state index is -0.684. The highest BCUT2D eigenvalue weighted by molar-refractivity contribution is 7.07. The molecule has 1 unspecified atom stereocenters. The van der Waals surface area contributed by atoms with E-state index in [0.717, 1.165) is 11.1 Å². The number of fused-ring (bicyclic) bond motifs is 1. The lowest BCUT2D eigenvalue weighted by molar-refractivity contribution is -0.139. The van der Waals surface area contributed by atoms with E-state index in [1.165, 1.54) is 11.3 Å². The van der Waals surface area contributed by atoms with Gasteiger partial charge in [0, 0.05) is 11.6 Å². The van der Waals surface area contributed by atoms with Crippen LogP contribution in [0.15, 0.2) is 63.5 Å². The third-order valence-electron chi connectivity index (χ3n) is 5.68. The van der Waals surface area contributed by atoms with Crippen molar-refractivity contribution in [3.8, 4) is 17.2 Å². The molecule has 0 radical (unpaired) electrons. The van der Waals surface area contributed by atoms with Crippen LogP contribution in [0.2, 0.25) is 0 Å². The van der Waals surface area contributed by atoms with Gasteiger partial charge in [0.15, 0.2) is 4.80 Å². The van der Waals surface area contributed by atoms with Crippen LogP contribution in [0.1, 0.15) is 31.0 Å². The number of allylic oxidation sites excluding steroid dienone is 1. The molecule has 2 aromatic carbocycles. The first kappa shape index (κ1) is 24.3. The van der Waals surface area contributed by atoms with Gasteiger partial charge in [-0.15, -0.1) is 0 Å². The molecular weight excluding hydrogens is 468 g/mol. The Morgan fingerprint density at radius 2 is 1.74 bits per heavy atom. The minimum Gasteiger partial charge on any atom is -0.497 e. The monoisotopic (exact) mass is 494 g/mol. The lowest BCUT2D eigenvalue weighted by Gasteiger charge is -2.24. The van der Waals surface area contributed by atoms with Crippen molar-refractivity contribution >= 4 is 23.4 Å². The van der Waals surface area contributed by atoms with Crippen molar-refractivity contribution in [2.45, 2.75) is 19.9 Å². The first-order valence-corrected chi connectivity index (χ1v) is 11.8. The van der Waals surface area contributed by atoms with Crippen LogP contribution in [-0.2, 0) is 9.53 Å². The summed E-state index contributed by atoms with van der Waals surface area (Å²) in [5, 5.41) is 0. The molecule has 9 heteroatoms. The number of carbonyl (C=O) groups is 1. The molecule has 3 aromatic rings. The summed E-state index contributed by atoms with van der Waals surface area (Å²) in [6.45, 7) is 3.71. The van der Waals surface area contributed by atoms with Gasteiger partial charge in [0.1, 0.15) is 17.2 Å². The molecule has 0 N–H and O–H groups in total. The number of rotatable bonds is 7. The fourth-order valence-corrected chi connectivity index (χ4v) is 5.01. The molecule has 0 saturated heterocycles. The number of hydrogen-bond donors (Lipinski definition) is 0. The summed E-state index contributed by atoms with van der Waals surface area (Å²) in [6.07, 6.45) is 1.76. The van der Waals surface area contributed by atoms with Crippen LogP contribution in [-0.4, -0.2) is 38.5 Å². The van der Waals surface area contributed by atoms with Gasteiger partial charge in [-0.1, -0.05) is 23.5 Å². The molecule has 1 aromatic heterocycles. The van der Waals surface area contributed by atoms with E-state index < -0.39 is 12.0 Å². The summed E-state index contributed by atoms with van der Waals surface area (Å²) in [7, 11) is 4.72. The molecule has 0 amide bonds. The summed E-state index contributed by atoms with van der Waals surface area (Å²) in [6, 6.07) is 12.0. The zero-order valence-corrected chi connectivity index (χ0v) is 21.0. The lowest BCUT2D eigenvalue weighted by atomic mass is 9.96. The number of methoxy groups -OCH3 is 3. The van der Waals surface area contributed by atoms with Crippen LogP contribution in [0.25, 0.3) is 6.08 Å². The summed E-state index contributed by atoms with van der Waals surface area (Å²) in [4.78, 5) is 31.8. The van der Waals surface area contributed by atoms with Gasteiger partial charge in [0.2, 0.25) is 0 Å². The maximum Gasteiger partial charge on any atom is 0.338 e. The second-order valence-electron chi connectivity index (χ2n) is 7.68. The maximum absolute atomic E-state index is 13.7. The molecule has 35 heavy (non-hydrogen) atoms. The first-order chi connectivity index (χ1) is 16.9. The number of thiazole rings is 1. The number of ether oxygens (including phenoxy) is 4. The van der Waals surface area contributed by atoms with Crippen molar-refractivity contribution in [2.75, 3.05) is 27.9 Å². The predicted molar refractivity (Wildman–Crippen MR) is 133 cm³/mol. The smallest absolute Gasteiger partial charge is 0.338 e. The number of benzene rings is 2. The number of esters is 1. The highest BCUT2D eigenvalue weighted by atomic mass is 32.1. The molecule has 1 aliphatic rings. The van der Waals surface area contributed by atoms with Crippen LogP contribution in [0.4, 0.5) is 0 Å². The standard InChI is InChI=1S/C26H26N2O6S/c1-6-34-25(30)22-15(2)27-26-28(23(22)16-7-10-18(31-3)11-8-16)24(29)21(35-26)13-17-9-12-19(32-4)14-20(17)33-5/h7-14,23H,6H2,1-5H3. The van der Waals surface area contributed by atoms with E-state index in [4.69, 9.17) is 18.9 Å². The van der Waals surface area contributed by atoms with E-state index in [9.17, 15) is 9.59 Å². The second-order valence-corrected chi connectivity index (χ2v) is 8.69. The zero-order valence-electron chi connectivity index (χ0n) is 20.2. The van der Waals surface area contributed by atoms with Gasteiger partial charge in [0.05, 0.1) is 49.8 Å². The number of aromatic nitrogens is 1. The highest BCUT2D eigenvalue weighted by Crippen LogP contribution is 2.31. The third-order valence-corrected chi connectivity index (χ3v) is 6.66. The van der Waals surface area contributed by atoms with Gasteiger partial charge >= 0.3 is 5.97 Å². The average Bonchev–Trinajstić information content (AvgIpc) is 3.17. The molecule has 0 saturated carbocycles. The molecule has 8 nitrogen and oxygen atoms in total. The Labute approximate surface area is 206 Å². The van der Waals surface area contributed by atoms with Crippen LogP contribution in [0.5, 0.6) is 17.2 Å². The largest absolute Gasteiger partial charge is 0.497 e. The average molecular weight is 495 g/mol. The quantitative estimate of drug-likeness (QED) is 0.470. The summed E-state index contributed by atoms with van der Waals surface area (Å²) in [5.74, 6) is 1.40. The van der Waals surface area contributed by atoms with E-state index in [2.05, 4.69) is 4.99 Å². The molecule has 0 bridgehead atoms. The van der Waals surface area contributed by atoms with Crippen molar-refractivity contribution < 1.29 is 23.7 Å². The summed E-state index contributed by atoms with van der Waals surface area (Å²) in [5.41, 5.74) is 2.05. The van der Waals surface area contributed by atoms with E-state index in [1.807, 2.05) is 18.2 Å². The van der Waals surface area contributed by atoms with Crippen molar-refractivity contribution in [3.63, 3.8) is 0 Å². The summed E-state index contributed by atoms with van der Waals surface area (Å²) >= 11 is 1.25. The first-order valence-electron chi connectivity index (χ1n) is 11.0. The Hall–Kier alpha value is -3.85. The molecule has 0 spiro atoms. The fraction of sp³-hybridized carbons (Fsp3) is 0.269. The molecule has 2 heterocycles. The Morgan fingerprint density at radius 1 is 1.06 bits per heavy atom.